The smallest absolute Gasteiger partial charge is 0.230 e. The molecule has 1 amide bonds. The van der Waals surface area contributed by atoms with E-state index in [1.54, 1.807) is 7.11 Å². The van der Waals surface area contributed by atoms with Crippen LogP contribution in [0.5, 0.6) is 5.75 Å². The van der Waals surface area contributed by atoms with E-state index in [2.05, 4.69) is 24.4 Å². The van der Waals surface area contributed by atoms with Crippen molar-refractivity contribution in [3.8, 4) is 5.75 Å². The van der Waals surface area contributed by atoms with Gasteiger partial charge >= 0.3 is 0 Å². The molecule has 2 aromatic rings. The van der Waals surface area contributed by atoms with Gasteiger partial charge in [-0.2, -0.15) is 0 Å². The summed E-state index contributed by atoms with van der Waals surface area (Å²) in [6.45, 7) is 2.77. The molecule has 0 saturated carbocycles. The zero-order chi connectivity index (χ0) is 15.8. The summed E-state index contributed by atoms with van der Waals surface area (Å²) in [5, 5.41) is 2.97. The normalized spacial score (nSPS) is 10.3. The summed E-state index contributed by atoms with van der Waals surface area (Å²) in [6, 6.07) is 16.0. The Labute approximate surface area is 136 Å². The van der Waals surface area contributed by atoms with Gasteiger partial charge in [0, 0.05) is 11.4 Å². The molecule has 2 aromatic carbocycles. The minimum Gasteiger partial charge on any atom is -0.497 e. The van der Waals surface area contributed by atoms with Crippen molar-refractivity contribution in [1.82, 2.24) is 5.32 Å². The second-order valence-electron chi connectivity index (χ2n) is 4.99. The summed E-state index contributed by atoms with van der Waals surface area (Å²) in [5.41, 5.74) is 2.55. The molecule has 3 nitrogen and oxygen atoms in total. The molecule has 4 heteroatoms. The highest BCUT2D eigenvalue weighted by Crippen LogP contribution is 2.20. The second kappa shape index (κ2) is 8.49. The number of rotatable bonds is 7. The fraction of sp³-hybridized carbons (Fsp3) is 0.278. The van der Waals surface area contributed by atoms with Crippen molar-refractivity contribution in [2.75, 3.05) is 19.4 Å². The number of methoxy groups -OCH3 is 1. The van der Waals surface area contributed by atoms with Crippen LogP contribution in [0.3, 0.4) is 0 Å². The van der Waals surface area contributed by atoms with E-state index in [0.29, 0.717) is 12.3 Å². The molecule has 116 valence electrons. The van der Waals surface area contributed by atoms with Crippen LogP contribution < -0.4 is 10.1 Å². The van der Waals surface area contributed by atoms with Gasteiger partial charge in [0.1, 0.15) is 5.75 Å². The van der Waals surface area contributed by atoms with Crippen LogP contribution in [-0.4, -0.2) is 25.3 Å². The Morgan fingerprint density at radius 2 is 1.86 bits per heavy atom. The maximum atomic E-state index is 11.9. The predicted octanol–water partition coefficient (Wildman–Crippen LogP) is 3.45. The average molecular weight is 315 g/mol. The molecule has 0 aliphatic carbocycles. The molecule has 0 fully saturated rings. The lowest BCUT2D eigenvalue weighted by Gasteiger charge is -2.07. The predicted molar refractivity (Wildman–Crippen MR) is 91.6 cm³/mol. The van der Waals surface area contributed by atoms with E-state index in [0.717, 1.165) is 17.1 Å². The van der Waals surface area contributed by atoms with Crippen molar-refractivity contribution < 1.29 is 9.53 Å². The van der Waals surface area contributed by atoms with Gasteiger partial charge in [-0.15, -0.1) is 11.8 Å². The Balaban J connectivity index is 1.70. The number of hydrogen-bond acceptors (Lipinski definition) is 3. The molecule has 22 heavy (non-hydrogen) atoms. The maximum absolute atomic E-state index is 11.9. The third-order valence-electron chi connectivity index (χ3n) is 3.41. The monoisotopic (exact) mass is 315 g/mol. The van der Waals surface area contributed by atoms with Gasteiger partial charge in [0.15, 0.2) is 0 Å². The molecule has 0 unspecified atom stereocenters. The Kier molecular flexibility index (Phi) is 6.34. The standard InChI is InChI=1S/C18H21NO2S/c1-14-5-3-4-6-15(14)11-12-19-18(20)13-22-17-9-7-16(21-2)8-10-17/h3-10H,11-13H2,1-2H3,(H,19,20). The lowest BCUT2D eigenvalue weighted by molar-refractivity contribution is -0.118. The number of thioether (sulfide) groups is 1. The molecule has 0 aliphatic heterocycles. The number of hydrogen-bond donors (Lipinski definition) is 1. The van der Waals surface area contributed by atoms with E-state index in [1.165, 1.54) is 22.9 Å². The first kappa shape index (κ1) is 16.4. The Morgan fingerprint density at radius 3 is 2.55 bits per heavy atom. The third kappa shape index (κ3) is 5.11. The molecule has 1 N–H and O–H groups in total. The van der Waals surface area contributed by atoms with Crippen molar-refractivity contribution in [3.63, 3.8) is 0 Å². The summed E-state index contributed by atoms with van der Waals surface area (Å²) in [4.78, 5) is 12.9. The van der Waals surface area contributed by atoms with Gasteiger partial charge in [0.05, 0.1) is 12.9 Å². The van der Waals surface area contributed by atoms with Crippen LogP contribution in [0, 0.1) is 6.92 Å². The van der Waals surface area contributed by atoms with Crippen LogP contribution in [0.4, 0.5) is 0 Å². The van der Waals surface area contributed by atoms with Crippen molar-refractivity contribution in [2.45, 2.75) is 18.2 Å². The molecular weight excluding hydrogens is 294 g/mol. The minimum atomic E-state index is 0.0643. The number of benzene rings is 2. The van der Waals surface area contributed by atoms with E-state index < -0.39 is 0 Å². The van der Waals surface area contributed by atoms with Crippen LogP contribution in [0.2, 0.25) is 0 Å². The quantitative estimate of drug-likeness (QED) is 0.795. The van der Waals surface area contributed by atoms with Gasteiger partial charge < -0.3 is 10.1 Å². The van der Waals surface area contributed by atoms with Crippen molar-refractivity contribution >= 4 is 17.7 Å². The van der Waals surface area contributed by atoms with Crippen LogP contribution in [-0.2, 0) is 11.2 Å². The van der Waals surface area contributed by atoms with Crippen LogP contribution >= 0.6 is 11.8 Å². The summed E-state index contributed by atoms with van der Waals surface area (Å²) >= 11 is 1.53. The SMILES string of the molecule is COc1ccc(SCC(=O)NCCc2ccccc2C)cc1. The first-order valence-electron chi connectivity index (χ1n) is 7.27. The Hall–Kier alpha value is -1.94. The van der Waals surface area contributed by atoms with Crippen molar-refractivity contribution in [3.05, 3.63) is 59.7 Å². The topological polar surface area (TPSA) is 38.3 Å². The molecule has 2 rings (SSSR count). The summed E-state index contributed by atoms with van der Waals surface area (Å²) in [5.74, 6) is 1.32. The second-order valence-corrected chi connectivity index (χ2v) is 6.04. The Morgan fingerprint density at radius 1 is 1.14 bits per heavy atom. The lowest BCUT2D eigenvalue weighted by atomic mass is 10.1. The highest BCUT2D eigenvalue weighted by molar-refractivity contribution is 8.00. The number of amides is 1. The molecule has 0 saturated heterocycles. The van der Waals surface area contributed by atoms with E-state index >= 15 is 0 Å². The van der Waals surface area contributed by atoms with Gasteiger partial charge in [0.25, 0.3) is 0 Å². The molecule has 0 radical (unpaired) electrons. The summed E-state index contributed by atoms with van der Waals surface area (Å²) in [6.07, 6.45) is 0.867. The van der Waals surface area contributed by atoms with Gasteiger partial charge in [-0.3, -0.25) is 4.79 Å². The third-order valence-corrected chi connectivity index (χ3v) is 4.42. The number of nitrogens with one attached hydrogen (secondary N) is 1. The van der Waals surface area contributed by atoms with Gasteiger partial charge in [-0.1, -0.05) is 24.3 Å². The number of carbonyl (C=O) groups excluding carboxylic acids is 1. The fourth-order valence-electron chi connectivity index (χ4n) is 2.10. The molecule has 0 aliphatic rings. The highest BCUT2D eigenvalue weighted by atomic mass is 32.2. The van der Waals surface area contributed by atoms with Crippen LogP contribution in [0.1, 0.15) is 11.1 Å². The van der Waals surface area contributed by atoms with Crippen LogP contribution in [0.25, 0.3) is 0 Å². The first-order valence-corrected chi connectivity index (χ1v) is 8.25. The molecule has 0 heterocycles. The molecule has 0 bridgehead atoms. The van der Waals surface area contributed by atoms with Crippen LogP contribution in [0.15, 0.2) is 53.4 Å². The summed E-state index contributed by atoms with van der Waals surface area (Å²) in [7, 11) is 1.64. The lowest BCUT2D eigenvalue weighted by Crippen LogP contribution is -2.27. The zero-order valence-corrected chi connectivity index (χ0v) is 13.8. The molecule has 0 atom stereocenters. The fourth-order valence-corrected chi connectivity index (χ4v) is 2.83. The largest absolute Gasteiger partial charge is 0.497 e. The number of ether oxygens (including phenoxy) is 1. The maximum Gasteiger partial charge on any atom is 0.230 e. The molecular formula is C18H21NO2S. The van der Waals surface area contributed by atoms with Gasteiger partial charge in [-0.25, -0.2) is 0 Å². The molecule has 0 spiro atoms. The summed E-state index contributed by atoms with van der Waals surface area (Å²) < 4.78 is 5.11. The van der Waals surface area contributed by atoms with Gasteiger partial charge in [-0.05, 0) is 48.7 Å². The van der Waals surface area contributed by atoms with E-state index in [1.807, 2.05) is 36.4 Å². The van der Waals surface area contributed by atoms with E-state index in [-0.39, 0.29) is 5.91 Å². The average Bonchev–Trinajstić information content (AvgIpc) is 2.55. The molecule has 0 aromatic heterocycles. The number of carbonyl (C=O) groups is 1. The first-order chi connectivity index (χ1) is 10.7. The van der Waals surface area contributed by atoms with Crippen molar-refractivity contribution in [2.24, 2.45) is 0 Å². The Bertz CT molecular complexity index is 611. The zero-order valence-electron chi connectivity index (χ0n) is 13.0. The number of aryl methyl sites for hydroxylation is 1. The van der Waals surface area contributed by atoms with Gasteiger partial charge in [0.2, 0.25) is 5.91 Å². The van der Waals surface area contributed by atoms with E-state index in [9.17, 15) is 4.79 Å². The van der Waals surface area contributed by atoms with E-state index in [4.69, 9.17) is 4.74 Å². The van der Waals surface area contributed by atoms with Crippen molar-refractivity contribution in [1.29, 1.82) is 0 Å². The highest BCUT2D eigenvalue weighted by Gasteiger charge is 2.03. The minimum absolute atomic E-state index is 0.0643.